The summed E-state index contributed by atoms with van der Waals surface area (Å²) in [6.45, 7) is 4.80. The molecule has 2 rings (SSSR count). The van der Waals surface area contributed by atoms with Crippen molar-refractivity contribution in [2.75, 3.05) is 11.9 Å². The van der Waals surface area contributed by atoms with E-state index >= 15 is 0 Å². The maximum Gasteiger partial charge on any atom is 0.251 e. The predicted molar refractivity (Wildman–Crippen MR) is 86.1 cm³/mol. The van der Waals surface area contributed by atoms with Crippen molar-refractivity contribution in [3.8, 4) is 0 Å². The maximum atomic E-state index is 12.1. The number of rotatable bonds is 5. The second-order valence-corrected chi connectivity index (χ2v) is 5.63. The third-order valence-corrected chi connectivity index (χ3v) is 3.33. The number of benzene rings is 1. The lowest BCUT2D eigenvalue weighted by atomic mass is 10.0. The van der Waals surface area contributed by atoms with Gasteiger partial charge >= 0.3 is 0 Å². The predicted octanol–water partition coefficient (Wildman–Crippen LogP) is 2.18. The summed E-state index contributed by atoms with van der Waals surface area (Å²) in [5, 5.41) is 15.7. The third-order valence-electron chi connectivity index (χ3n) is 3.33. The molecule has 0 aliphatic carbocycles. The van der Waals surface area contributed by atoms with Gasteiger partial charge < -0.3 is 20.2 Å². The fraction of sp³-hybridized carbons (Fsp3) is 0.294. The minimum atomic E-state index is -1.29. The van der Waals surface area contributed by atoms with Gasteiger partial charge in [0.2, 0.25) is 5.91 Å². The zero-order chi connectivity index (χ0) is 17.0. The number of hydrogen-bond acceptors (Lipinski definition) is 4. The number of amides is 2. The number of anilines is 1. The molecule has 0 saturated heterocycles. The first-order valence-electron chi connectivity index (χ1n) is 7.23. The molecule has 3 N–H and O–H groups in total. The molecule has 1 aromatic carbocycles. The van der Waals surface area contributed by atoms with Crippen LogP contribution in [0.5, 0.6) is 0 Å². The molecule has 2 aromatic rings. The number of carbonyl (C=O) groups is 2. The summed E-state index contributed by atoms with van der Waals surface area (Å²) in [5.74, 6) is 0.603. The fourth-order valence-electron chi connectivity index (χ4n) is 2.07. The molecule has 122 valence electrons. The molecular formula is C17H20N2O4. The van der Waals surface area contributed by atoms with Crippen LogP contribution in [0.25, 0.3) is 0 Å². The topological polar surface area (TPSA) is 91.6 Å². The lowest BCUT2D eigenvalue weighted by Gasteiger charge is -2.21. The Balaban J connectivity index is 1.97. The van der Waals surface area contributed by atoms with Crippen LogP contribution in [0, 0.1) is 6.92 Å². The Morgan fingerprint density at radius 1 is 1.17 bits per heavy atom. The highest BCUT2D eigenvalue weighted by atomic mass is 16.4. The first-order valence-corrected chi connectivity index (χ1v) is 7.23. The molecule has 0 spiro atoms. The monoisotopic (exact) mass is 316 g/mol. The molecule has 0 aliphatic rings. The number of hydrogen-bond donors (Lipinski definition) is 3. The third kappa shape index (κ3) is 4.43. The first kappa shape index (κ1) is 16.8. The van der Waals surface area contributed by atoms with Gasteiger partial charge in [0.15, 0.2) is 0 Å². The van der Waals surface area contributed by atoms with Gasteiger partial charge in [0.1, 0.15) is 17.1 Å². The van der Waals surface area contributed by atoms with Gasteiger partial charge in [-0.1, -0.05) is 0 Å². The minimum Gasteiger partial charge on any atom is -0.463 e. The van der Waals surface area contributed by atoms with E-state index in [1.54, 1.807) is 50.2 Å². The fourth-order valence-corrected chi connectivity index (χ4v) is 2.07. The Hall–Kier alpha value is -2.60. The highest BCUT2D eigenvalue weighted by Gasteiger charge is 2.27. The van der Waals surface area contributed by atoms with Crippen molar-refractivity contribution in [2.24, 2.45) is 0 Å². The number of aliphatic hydroxyl groups is 1. The van der Waals surface area contributed by atoms with E-state index in [-0.39, 0.29) is 18.4 Å². The summed E-state index contributed by atoms with van der Waals surface area (Å²) < 4.78 is 5.40. The summed E-state index contributed by atoms with van der Waals surface area (Å²) in [7, 11) is 0. The Labute approximate surface area is 134 Å². The van der Waals surface area contributed by atoms with Crippen LogP contribution in [0.1, 0.15) is 35.7 Å². The number of furan rings is 1. The smallest absolute Gasteiger partial charge is 0.251 e. The molecule has 0 unspecified atom stereocenters. The largest absolute Gasteiger partial charge is 0.463 e. The molecule has 23 heavy (non-hydrogen) atoms. The second-order valence-electron chi connectivity index (χ2n) is 5.63. The minimum absolute atomic E-state index is 0.0201. The molecule has 0 aliphatic heterocycles. The van der Waals surface area contributed by atoms with Crippen LogP contribution < -0.4 is 10.6 Å². The molecule has 0 bridgehead atoms. The molecular weight excluding hydrogens is 296 g/mol. The van der Waals surface area contributed by atoms with Crippen LogP contribution in [-0.4, -0.2) is 23.5 Å². The summed E-state index contributed by atoms with van der Waals surface area (Å²) in [5.41, 5.74) is -0.238. The second kappa shape index (κ2) is 6.66. The van der Waals surface area contributed by atoms with E-state index in [1.165, 1.54) is 6.92 Å². The van der Waals surface area contributed by atoms with Gasteiger partial charge in [-0.15, -0.1) is 0 Å². The molecule has 6 nitrogen and oxygen atoms in total. The SMILES string of the molecule is CC(=O)Nc1ccc(C(=O)NC[C@](C)(O)c2ccc(C)o2)cc1. The molecule has 0 saturated carbocycles. The van der Waals surface area contributed by atoms with Crippen LogP contribution in [0.3, 0.4) is 0 Å². The first-order chi connectivity index (χ1) is 10.8. The van der Waals surface area contributed by atoms with Gasteiger partial charge in [-0.05, 0) is 50.2 Å². The average Bonchev–Trinajstić information content (AvgIpc) is 2.92. The van der Waals surface area contributed by atoms with E-state index in [9.17, 15) is 14.7 Å². The van der Waals surface area contributed by atoms with E-state index in [0.717, 1.165) is 0 Å². The van der Waals surface area contributed by atoms with Crippen molar-refractivity contribution < 1.29 is 19.1 Å². The van der Waals surface area contributed by atoms with E-state index in [0.29, 0.717) is 22.8 Å². The molecule has 1 atom stereocenters. The van der Waals surface area contributed by atoms with Crippen LogP contribution in [0.15, 0.2) is 40.8 Å². The summed E-state index contributed by atoms with van der Waals surface area (Å²) in [6, 6.07) is 9.93. The van der Waals surface area contributed by atoms with Crippen LogP contribution in [0.4, 0.5) is 5.69 Å². The Bertz CT molecular complexity index is 702. The highest BCUT2D eigenvalue weighted by Crippen LogP contribution is 2.22. The normalized spacial score (nSPS) is 13.2. The van der Waals surface area contributed by atoms with E-state index in [4.69, 9.17) is 4.42 Å². The van der Waals surface area contributed by atoms with Crippen LogP contribution in [0.2, 0.25) is 0 Å². The molecule has 6 heteroatoms. The zero-order valence-corrected chi connectivity index (χ0v) is 13.3. The number of aryl methyl sites for hydroxylation is 1. The maximum absolute atomic E-state index is 12.1. The lowest BCUT2D eigenvalue weighted by molar-refractivity contribution is -0.114. The number of nitrogens with one attached hydrogen (secondary N) is 2. The van der Waals surface area contributed by atoms with Crippen molar-refractivity contribution >= 4 is 17.5 Å². The van der Waals surface area contributed by atoms with Gasteiger partial charge in [0.05, 0.1) is 6.54 Å². The van der Waals surface area contributed by atoms with Gasteiger partial charge in [0, 0.05) is 18.2 Å². The van der Waals surface area contributed by atoms with Crippen molar-refractivity contribution in [1.29, 1.82) is 0 Å². The Kier molecular flexibility index (Phi) is 4.86. The van der Waals surface area contributed by atoms with Crippen molar-refractivity contribution in [2.45, 2.75) is 26.4 Å². The number of carbonyl (C=O) groups excluding carboxylic acids is 2. The standard InChI is InChI=1S/C17H20N2O4/c1-11-4-9-15(23-11)17(3,22)10-18-16(21)13-5-7-14(8-6-13)19-12(2)20/h4-9,22H,10H2,1-3H3,(H,18,21)(H,19,20)/t17-/m0/s1. The molecule has 0 radical (unpaired) electrons. The van der Waals surface area contributed by atoms with Crippen molar-refractivity contribution in [3.05, 3.63) is 53.5 Å². The van der Waals surface area contributed by atoms with Gasteiger partial charge in [-0.25, -0.2) is 0 Å². The highest BCUT2D eigenvalue weighted by molar-refractivity contribution is 5.95. The van der Waals surface area contributed by atoms with E-state index in [1.807, 2.05) is 0 Å². The van der Waals surface area contributed by atoms with E-state index in [2.05, 4.69) is 10.6 Å². The average molecular weight is 316 g/mol. The molecule has 2 amide bonds. The molecule has 1 heterocycles. The van der Waals surface area contributed by atoms with Crippen molar-refractivity contribution in [1.82, 2.24) is 5.32 Å². The van der Waals surface area contributed by atoms with Gasteiger partial charge in [0.25, 0.3) is 5.91 Å². The molecule has 0 fully saturated rings. The zero-order valence-electron chi connectivity index (χ0n) is 13.3. The van der Waals surface area contributed by atoms with E-state index < -0.39 is 5.60 Å². The van der Waals surface area contributed by atoms with Gasteiger partial charge in [-0.3, -0.25) is 9.59 Å². The Morgan fingerprint density at radius 3 is 2.35 bits per heavy atom. The van der Waals surface area contributed by atoms with Gasteiger partial charge in [-0.2, -0.15) is 0 Å². The molecule has 1 aromatic heterocycles. The van der Waals surface area contributed by atoms with Crippen LogP contribution >= 0.6 is 0 Å². The van der Waals surface area contributed by atoms with Crippen molar-refractivity contribution in [3.63, 3.8) is 0 Å². The van der Waals surface area contributed by atoms with Crippen LogP contribution in [-0.2, 0) is 10.4 Å². The summed E-state index contributed by atoms with van der Waals surface area (Å²) in [6.07, 6.45) is 0. The lowest BCUT2D eigenvalue weighted by Crippen LogP contribution is -2.38. The summed E-state index contributed by atoms with van der Waals surface area (Å²) in [4.78, 5) is 23.1. The Morgan fingerprint density at radius 2 is 1.83 bits per heavy atom. The summed E-state index contributed by atoms with van der Waals surface area (Å²) >= 11 is 0. The quantitative estimate of drug-likeness (QED) is 0.788.